The second-order valence-corrected chi connectivity index (χ2v) is 8.84. The normalized spacial score (nSPS) is 20.1. The third-order valence-corrected chi connectivity index (χ3v) is 5.83. The van der Waals surface area contributed by atoms with Crippen molar-refractivity contribution >= 4 is 0 Å². The first-order valence-corrected chi connectivity index (χ1v) is 10.2. The molecule has 0 aromatic rings. The van der Waals surface area contributed by atoms with Gasteiger partial charge in [-0.25, -0.2) is 4.89 Å². The van der Waals surface area contributed by atoms with Gasteiger partial charge in [-0.1, -0.05) is 0 Å². The van der Waals surface area contributed by atoms with Crippen LogP contribution in [0.2, 0.25) is 0 Å². The van der Waals surface area contributed by atoms with Crippen LogP contribution in [0.5, 0.6) is 0 Å². The van der Waals surface area contributed by atoms with E-state index in [0.29, 0.717) is 0 Å². The molecular weight excluding hydrogens is 791 g/mol. The number of alkyl halides is 29. The van der Waals surface area contributed by atoms with Crippen molar-refractivity contribution in [2.75, 3.05) is 6.79 Å². The van der Waals surface area contributed by atoms with Crippen LogP contribution in [0.25, 0.3) is 0 Å². The Balaban J connectivity index is 3.93. The molecule has 1 fully saturated rings. The molecule has 3 nitrogen and oxygen atoms in total. The lowest BCUT2D eigenvalue weighted by molar-refractivity contribution is -0.489. The Bertz CT molecular complexity index is 1180. The Morgan fingerprint density at radius 1 is 0.292 bits per heavy atom. The Morgan fingerprint density at radius 3 is 0.688 bits per heavy atom. The molecule has 0 saturated carbocycles. The highest BCUT2D eigenvalue weighted by atomic mass is 19.4. The molecule has 0 spiro atoms. The van der Waals surface area contributed by atoms with E-state index in [-0.39, 0.29) is 0 Å². The topological polar surface area (TPSA) is 27.7 Å². The number of hydrogen-bond acceptors (Lipinski definition) is 3. The molecule has 1 unspecified atom stereocenters. The lowest BCUT2D eigenvalue weighted by Gasteiger charge is -2.46. The average molecular weight is 794 g/mol. The molecule has 0 N–H and O–H groups in total. The van der Waals surface area contributed by atoms with Crippen molar-refractivity contribution in [2.45, 2.75) is 89.5 Å². The molecule has 1 heterocycles. The second-order valence-electron chi connectivity index (χ2n) is 8.84. The summed E-state index contributed by atoms with van der Waals surface area (Å²) in [6.45, 7) is -1.84. The zero-order valence-electron chi connectivity index (χ0n) is 20.5. The Hall–Kier alpha value is -2.15. The average Bonchev–Trinajstić information content (AvgIpc) is 3.42. The molecule has 288 valence electrons. The minimum absolute atomic E-state index is 1.84. The van der Waals surface area contributed by atoms with Crippen LogP contribution in [0.1, 0.15) is 0 Å². The van der Waals surface area contributed by atoms with Crippen LogP contribution in [0.15, 0.2) is 0 Å². The van der Waals surface area contributed by atoms with Gasteiger partial charge in [-0.2, -0.15) is 132 Å². The van der Waals surface area contributed by atoms with E-state index < -0.39 is 96.3 Å². The highest BCUT2D eigenvalue weighted by Gasteiger charge is 3.01. The first-order chi connectivity index (χ1) is 20.4. The Kier molecular flexibility index (Phi) is 9.98. The van der Waals surface area contributed by atoms with Gasteiger partial charge in [0.1, 0.15) is 0 Å². The van der Waals surface area contributed by atoms with Crippen molar-refractivity contribution in [1.82, 2.24) is 0 Å². The maximum Gasteiger partial charge on any atom is 0.460 e. The molecule has 48 heavy (non-hydrogen) atoms. The molecule has 1 atom stereocenters. The molecule has 0 radical (unpaired) electrons. The Morgan fingerprint density at radius 2 is 0.500 bits per heavy atom. The molecule has 0 aliphatic carbocycles. The third kappa shape index (κ3) is 4.93. The molecule has 1 saturated heterocycles. The lowest BCUT2D eigenvalue weighted by Crippen LogP contribution is -2.79. The van der Waals surface area contributed by atoms with Crippen LogP contribution in [0.3, 0.4) is 0 Å². The fourth-order valence-electron chi connectivity index (χ4n) is 2.88. The molecule has 0 bridgehead atoms. The highest BCUT2D eigenvalue weighted by molar-refractivity contribution is 5.21. The van der Waals surface area contributed by atoms with Crippen molar-refractivity contribution < 1.29 is 142 Å². The molecule has 0 amide bonds. The highest BCUT2D eigenvalue weighted by Crippen LogP contribution is 2.69. The van der Waals surface area contributed by atoms with E-state index in [2.05, 4.69) is 14.5 Å². The largest absolute Gasteiger partial charge is 0.460 e. The molecular formula is C16H3F29O3. The molecule has 0 aromatic heterocycles. The van der Waals surface area contributed by atoms with Crippen molar-refractivity contribution in [2.24, 2.45) is 0 Å². The second kappa shape index (κ2) is 10.9. The molecule has 32 heteroatoms. The van der Waals surface area contributed by atoms with Crippen LogP contribution < -0.4 is 0 Å². The van der Waals surface area contributed by atoms with Crippen molar-refractivity contribution in [3.05, 3.63) is 0 Å². The quantitative estimate of drug-likeness (QED) is 0.138. The van der Waals surface area contributed by atoms with Crippen LogP contribution in [0, 0.1) is 0 Å². The predicted octanol–water partition coefficient (Wildman–Crippen LogP) is 9.07. The van der Waals surface area contributed by atoms with Gasteiger partial charge in [0.05, 0.1) is 0 Å². The van der Waals surface area contributed by atoms with Crippen molar-refractivity contribution in [3.63, 3.8) is 0 Å². The van der Waals surface area contributed by atoms with Crippen molar-refractivity contribution in [3.8, 4) is 0 Å². The summed E-state index contributed by atoms with van der Waals surface area (Å²) in [5.74, 6) is -121. The van der Waals surface area contributed by atoms with E-state index in [0.717, 1.165) is 0 Å². The van der Waals surface area contributed by atoms with Crippen LogP contribution >= 0.6 is 0 Å². The standard InChI is InChI=1S/C16H3F29O3/c17-3(18,2-46-1-47-48-2)4(19,20)5(21,22)6(23,24)7(25,26)8(27,28)9(29,30)10(31,32)11(33,34)12(35,36)13(37,38)14(39,40)15(41,42)16(43,44)45/h2H,1H2. The summed E-state index contributed by atoms with van der Waals surface area (Å²) in [7, 11) is 0. The minimum atomic E-state index is -9.95. The number of hydrogen-bond donors (Lipinski definition) is 0. The smallest absolute Gasteiger partial charge is 0.315 e. The van der Waals surface area contributed by atoms with Crippen LogP contribution in [0.4, 0.5) is 127 Å². The number of rotatable bonds is 13. The maximum atomic E-state index is 13.8. The monoisotopic (exact) mass is 794 g/mol. The molecule has 1 aliphatic rings. The predicted molar refractivity (Wildman–Crippen MR) is 82.3 cm³/mol. The third-order valence-electron chi connectivity index (χ3n) is 5.83. The van der Waals surface area contributed by atoms with E-state index in [1.54, 1.807) is 0 Å². The van der Waals surface area contributed by atoms with Gasteiger partial charge in [-0.15, -0.1) is 0 Å². The summed E-state index contributed by atoms with van der Waals surface area (Å²) >= 11 is 0. The van der Waals surface area contributed by atoms with Crippen molar-refractivity contribution in [1.29, 1.82) is 0 Å². The van der Waals surface area contributed by atoms with Gasteiger partial charge in [-0.3, -0.25) is 0 Å². The van der Waals surface area contributed by atoms with E-state index in [1.165, 1.54) is 0 Å². The fourth-order valence-corrected chi connectivity index (χ4v) is 2.88. The van der Waals surface area contributed by atoms with Gasteiger partial charge < -0.3 is 4.74 Å². The van der Waals surface area contributed by atoms with Crippen LogP contribution in [-0.4, -0.2) is 96.3 Å². The molecule has 0 aromatic carbocycles. The molecule has 1 aliphatic heterocycles. The van der Waals surface area contributed by atoms with Gasteiger partial charge in [0, 0.05) is 0 Å². The lowest BCUT2D eigenvalue weighted by atomic mass is 9.83. The summed E-state index contributed by atoms with van der Waals surface area (Å²) in [4.78, 5) is 6.19. The minimum Gasteiger partial charge on any atom is -0.315 e. The fraction of sp³-hybridized carbons (Fsp3) is 1.00. The summed E-state index contributed by atoms with van der Waals surface area (Å²) in [6, 6.07) is 0. The van der Waals surface area contributed by atoms with E-state index in [9.17, 15) is 127 Å². The zero-order valence-corrected chi connectivity index (χ0v) is 20.5. The van der Waals surface area contributed by atoms with Gasteiger partial charge in [-0.05, 0) is 0 Å². The summed E-state index contributed by atoms with van der Waals surface area (Å²) in [6.07, 6.45) is -12.7. The number of halogens is 29. The number of ether oxygens (including phenoxy) is 1. The van der Waals surface area contributed by atoms with Gasteiger partial charge >= 0.3 is 83.2 Å². The van der Waals surface area contributed by atoms with E-state index >= 15 is 0 Å². The summed E-state index contributed by atoms with van der Waals surface area (Å²) in [5, 5.41) is 0. The van der Waals surface area contributed by atoms with Gasteiger partial charge in [0.15, 0.2) is 6.79 Å². The van der Waals surface area contributed by atoms with Crippen LogP contribution in [-0.2, 0) is 14.5 Å². The Labute approximate surface area is 239 Å². The van der Waals surface area contributed by atoms with E-state index in [4.69, 9.17) is 0 Å². The first-order valence-electron chi connectivity index (χ1n) is 10.2. The maximum absolute atomic E-state index is 13.8. The van der Waals surface area contributed by atoms with E-state index in [1.807, 2.05) is 0 Å². The van der Waals surface area contributed by atoms with Gasteiger partial charge in [0.25, 0.3) is 6.29 Å². The SMILES string of the molecule is FC(F)(F)C(F)(F)C(F)(F)C(F)(F)C(F)(F)C(F)(F)C(F)(F)C(F)(F)C(F)(F)C(F)(F)C(F)(F)C(F)(F)C(F)(F)C(F)(F)C1OCOO1. The molecule has 1 rings (SSSR count). The zero-order chi connectivity index (χ0) is 39.4. The summed E-state index contributed by atoms with van der Waals surface area (Å²) < 4.78 is 392. The summed E-state index contributed by atoms with van der Waals surface area (Å²) in [5.41, 5.74) is 0. The first kappa shape index (κ1) is 43.9. The van der Waals surface area contributed by atoms with Gasteiger partial charge in [0.2, 0.25) is 0 Å².